The minimum Gasteiger partial charge on any atom is -0.440 e. The maximum atomic E-state index is 5.65. The third-order valence-electron chi connectivity index (χ3n) is 1.70. The summed E-state index contributed by atoms with van der Waals surface area (Å²) in [5.74, 6) is 0. The van der Waals surface area contributed by atoms with Crippen molar-refractivity contribution in [2.75, 3.05) is 5.73 Å². The molecule has 2 rings (SSSR count). The van der Waals surface area contributed by atoms with Crippen LogP contribution in [0.4, 0.5) is 5.69 Å². The summed E-state index contributed by atoms with van der Waals surface area (Å²) in [4.78, 5) is 8.27. The first-order chi connectivity index (χ1) is 6.75. The Balaban J connectivity index is 2.22. The number of pyridine rings is 1. The van der Waals surface area contributed by atoms with Gasteiger partial charge in [-0.05, 0) is 30.8 Å². The minimum absolute atomic E-state index is 0.585. The fraction of sp³-hybridized carbons (Fsp3) is 0.111. The average molecular weight is 207 g/mol. The van der Waals surface area contributed by atoms with E-state index >= 15 is 0 Å². The Morgan fingerprint density at radius 3 is 2.93 bits per heavy atom. The smallest absolute Gasteiger partial charge is 0.261 e. The molecule has 0 aromatic carbocycles. The lowest BCUT2D eigenvalue weighted by Crippen LogP contribution is -1.93. The Morgan fingerprint density at radius 1 is 1.43 bits per heavy atom. The summed E-state index contributed by atoms with van der Waals surface area (Å²) in [5.41, 5.74) is 7.17. The van der Waals surface area contributed by atoms with Crippen LogP contribution in [0.3, 0.4) is 0 Å². The first-order valence-corrected chi connectivity index (χ1v) is 4.88. The van der Waals surface area contributed by atoms with Gasteiger partial charge in [-0.3, -0.25) is 0 Å². The number of nitrogen functional groups attached to an aromatic ring is 1. The van der Waals surface area contributed by atoms with Crippen LogP contribution in [0.1, 0.15) is 5.69 Å². The number of oxazole rings is 1. The molecular formula is C9H9N3OS. The van der Waals surface area contributed by atoms with Gasteiger partial charge < -0.3 is 10.2 Å². The summed E-state index contributed by atoms with van der Waals surface area (Å²) in [7, 11) is 0. The lowest BCUT2D eigenvalue weighted by molar-refractivity contribution is 0.454. The van der Waals surface area contributed by atoms with E-state index in [2.05, 4.69) is 9.97 Å². The number of anilines is 1. The van der Waals surface area contributed by atoms with Crippen molar-refractivity contribution in [3.05, 3.63) is 30.3 Å². The van der Waals surface area contributed by atoms with Gasteiger partial charge in [-0.25, -0.2) is 9.97 Å². The predicted octanol–water partition coefficient (Wildman–Crippen LogP) is 2.11. The van der Waals surface area contributed by atoms with Crippen LogP contribution in [0.25, 0.3) is 0 Å². The molecule has 0 fully saturated rings. The third-order valence-corrected chi connectivity index (χ3v) is 2.52. The Kier molecular flexibility index (Phi) is 2.41. The normalized spacial score (nSPS) is 10.4. The maximum Gasteiger partial charge on any atom is 0.261 e. The molecule has 0 atom stereocenters. The largest absolute Gasteiger partial charge is 0.440 e. The molecule has 4 nitrogen and oxygen atoms in total. The van der Waals surface area contributed by atoms with E-state index in [0.717, 1.165) is 10.7 Å². The van der Waals surface area contributed by atoms with E-state index in [1.807, 2.05) is 19.1 Å². The number of hydrogen-bond donors (Lipinski definition) is 1. The Hall–Kier alpha value is -1.49. The topological polar surface area (TPSA) is 64.9 Å². The van der Waals surface area contributed by atoms with Gasteiger partial charge in [-0.15, -0.1) is 0 Å². The molecule has 0 amide bonds. The first kappa shape index (κ1) is 9.08. The SMILES string of the molecule is Cc1nc(Sc2ncco2)ccc1N. The number of aryl methyl sites for hydroxylation is 1. The van der Waals surface area contributed by atoms with E-state index in [0.29, 0.717) is 10.9 Å². The van der Waals surface area contributed by atoms with Gasteiger partial charge in [0.2, 0.25) is 0 Å². The zero-order valence-electron chi connectivity index (χ0n) is 7.60. The van der Waals surface area contributed by atoms with Crippen LogP contribution in [-0.2, 0) is 0 Å². The molecule has 14 heavy (non-hydrogen) atoms. The highest BCUT2D eigenvalue weighted by Gasteiger charge is 2.03. The molecule has 0 aliphatic rings. The molecule has 0 spiro atoms. The molecule has 5 heteroatoms. The van der Waals surface area contributed by atoms with Crippen LogP contribution in [0, 0.1) is 6.92 Å². The second-order valence-corrected chi connectivity index (χ2v) is 3.70. The second-order valence-electron chi connectivity index (χ2n) is 2.72. The van der Waals surface area contributed by atoms with E-state index in [1.54, 1.807) is 6.20 Å². The van der Waals surface area contributed by atoms with E-state index in [1.165, 1.54) is 18.0 Å². The van der Waals surface area contributed by atoms with Crippen molar-refractivity contribution in [3.63, 3.8) is 0 Å². The lowest BCUT2D eigenvalue weighted by Gasteiger charge is -2.00. The highest BCUT2D eigenvalue weighted by Crippen LogP contribution is 2.25. The van der Waals surface area contributed by atoms with Gasteiger partial charge in [-0.2, -0.15) is 0 Å². The van der Waals surface area contributed by atoms with Gasteiger partial charge in [-0.1, -0.05) is 0 Å². The standard InChI is InChI=1S/C9H9N3OS/c1-6-7(10)2-3-8(12-6)14-9-11-4-5-13-9/h2-5H,10H2,1H3. The zero-order valence-corrected chi connectivity index (χ0v) is 8.41. The number of aromatic nitrogens is 2. The molecule has 0 aliphatic carbocycles. The molecule has 2 heterocycles. The third kappa shape index (κ3) is 1.88. The van der Waals surface area contributed by atoms with E-state index in [-0.39, 0.29) is 0 Å². The summed E-state index contributed by atoms with van der Waals surface area (Å²) in [5, 5.41) is 1.42. The van der Waals surface area contributed by atoms with Crippen LogP contribution < -0.4 is 5.73 Å². The molecular weight excluding hydrogens is 198 g/mol. The van der Waals surface area contributed by atoms with Crippen LogP contribution in [0.5, 0.6) is 0 Å². The molecule has 0 radical (unpaired) electrons. The monoisotopic (exact) mass is 207 g/mol. The van der Waals surface area contributed by atoms with Gasteiger partial charge in [0.25, 0.3) is 5.22 Å². The van der Waals surface area contributed by atoms with Crippen LogP contribution in [-0.4, -0.2) is 9.97 Å². The highest BCUT2D eigenvalue weighted by atomic mass is 32.2. The van der Waals surface area contributed by atoms with Gasteiger partial charge in [0.15, 0.2) is 0 Å². The molecule has 0 saturated carbocycles. The first-order valence-electron chi connectivity index (χ1n) is 4.06. The number of nitrogens with two attached hydrogens (primary N) is 1. The fourth-order valence-corrected chi connectivity index (χ4v) is 1.67. The number of hydrogen-bond acceptors (Lipinski definition) is 5. The van der Waals surface area contributed by atoms with Crippen LogP contribution in [0.2, 0.25) is 0 Å². The Morgan fingerprint density at radius 2 is 2.29 bits per heavy atom. The molecule has 0 bridgehead atoms. The summed E-state index contributed by atoms with van der Waals surface area (Å²) >= 11 is 1.37. The maximum absolute atomic E-state index is 5.65. The lowest BCUT2D eigenvalue weighted by atomic mass is 10.3. The summed E-state index contributed by atoms with van der Waals surface area (Å²) < 4.78 is 5.09. The van der Waals surface area contributed by atoms with Crippen molar-refractivity contribution in [1.29, 1.82) is 0 Å². The average Bonchev–Trinajstić information content (AvgIpc) is 2.64. The molecule has 2 aromatic heterocycles. The molecule has 0 saturated heterocycles. The van der Waals surface area contributed by atoms with Gasteiger partial charge in [0, 0.05) is 0 Å². The molecule has 0 unspecified atom stereocenters. The highest BCUT2D eigenvalue weighted by molar-refractivity contribution is 7.99. The van der Waals surface area contributed by atoms with Crippen molar-refractivity contribution < 1.29 is 4.42 Å². The van der Waals surface area contributed by atoms with Crippen molar-refractivity contribution >= 4 is 17.4 Å². The van der Waals surface area contributed by atoms with Crippen molar-refractivity contribution in [2.24, 2.45) is 0 Å². The summed E-state index contributed by atoms with van der Waals surface area (Å²) in [6, 6.07) is 3.67. The molecule has 2 aromatic rings. The van der Waals surface area contributed by atoms with Crippen molar-refractivity contribution in [1.82, 2.24) is 9.97 Å². The van der Waals surface area contributed by atoms with E-state index < -0.39 is 0 Å². The van der Waals surface area contributed by atoms with Crippen LogP contribution in [0.15, 0.2) is 39.3 Å². The van der Waals surface area contributed by atoms with Gasteiger partial charge in [0.1, 0.15) is 11.3 Å². The fourth-order valence-electron chi connectivity index (χ4n) is 0.956. The number of nitrogens with zero attached hydrogens (tertiary/aromatic N) is 2. The predicted molar refractivity (Wildman–Crippen MR) is 54.0 cm³/mol. The Bertz CT molecular complexity index is 428. The number of rotatable bonds is 2. The zero-order chi connectivity index (χ0) is 9.97. The Labute approximate surface area is 85.6 Å². The quantitative estimate of drug-likeness (QED) is 0.817. The van der Waals surface area contributed by atoms with Crippen LogP contribution >= 0.6 is 11.8 Å². The summed E-state index contributed by atoms with van der Waals surface area (Å²) in [6.07, 6.45) is 3.14. The second kappa shape index (κ2) is 3.71. The van der Waals surface area contributed by atoms with Gasteiger partial charge >= 0.3 is 0 Å². The minimum atomic E-state index is 0.585. The van der Waals surface area contributed by atoms with E-state index in [4.69, 9.17) is 10.2 Å². The van der Waals surface area contributed by atoms with Crippen molar-refractivity contribution in [3.8, 4) is 0 Å². The van der Waals surface area contributed by atoms with Crippen molar-refractivity contribution in [2.45, 2.75) is 17.2 Å². The molecule has 72 valence electrons. The molecule has 2 N–H and O–H groups in total. The van der Waals surface area contributed by atoms with E-state index in [9.17, 15) is 0 Å². The van der Waals surface area contributed by atoms with Gasteiger partial charge in [0.05, 0.1) is 17.6 Å². The molecule has 0 aliphatic heterocycles. The summed E-state index contributed by atoms with van der Waals surface area (Å²) in [6.45, 7) is 1.87.